The number of hydrogen-bond acceptors (Lipinski definition) is 2. The molecule has 0 aliphatic carbocycles. The van der Waals surface area contributed by atoms with Crippen LogP contribution in [0.1, 0.15) is 37.0 Å². The second kappa shape index (κ2) is 4.01. The molecule has 0 saturated heterocycles. The van der Waals surface area contributed by atoms with E-state index in [-0.39, 0.29) is 0 Å². The average molecular weight is 203 g/mol. The Hall–Kier alpha value is -1.38. The van der Waals surface area contributed by atoms with Gasteiger partial charge in [-0.15, -0.1) is 0 Å². The van der Waals surface area contributed by atoms with Gasteiger partial charge in [-0.25, -0.2) is 4.98 Å². The van der Waals surface area contributed by atoms with Gasteiger partial charge in [-0.3, -0.25) is 4.99 Å². The first-order valence-electron chi connectivity index (χ1n) is 5.42. The van der Waals surface area contributed by atoms with E-state index in [9.17, 15) is 0 Å². The minimum Gasteiger partial charge on any atom is -0.335 e. The molecule has 1 aliphatic rings. The van der Waals surface area contributed by atoms with Crippen molar-refractivity contribution in [3.63, 3.8) is 0 Å². The standard InChI is InChI=1S/C12H17N3/c1-9-12-11(15(3)10(2)14-12)7-5-4-6-8-13-9/h6,8H,4-5,7H2,1-3H3/b8-6+,13-9-. The highest BCUT2D eigenvalue weighted by Gasteiger charge is 2.14. The van der Waals surface area contributed by atoms with Crippen LogP contribution in [0.5, 0.6) is 0 Å². The number of hydrogen-bond donors (Lipinski definition) is 0. The van der Waals surface area contributed by atoms with Gasteiger partial charge in [-0.1, -0.05) is 6.08 Å². The van der Waals surface area contributed by atoms with Crippen LogP contribution in [0.4, 0.5) is 0 Å². The molecule has 0 unspecified atom stereocenters. The summed E-state index contributed by atoms with van der Waals surface area (Å²) in [6, 6.07) is 0. The summed E-state index contributed by atoms with van der Waals surface area (Å²) in [7, 11) is 2.08. The van der Waals surface area contributed by atoms with Crippen molar-refractivity contribution in [3.8, 4) is 0 Å². The Morgan fingerprint density at radius 2 is 2.13 bits per heavy atom. The van der Waals surface area contributed by atoms with Gasteiger partial charge in [0.05, 0.1) is 5.71 Å². The number of rotatable bonds is 0. The van der Waals surface area contributed by atoms with Crippen LogP contribution in [-0.4, -0.2) is 15.3 Å². The van der Waals surface area contributed by atoms with Crippen LogP contribution in [0.15, 0.2) is 17.3 Å². The summed E-state index contributed by atoms with van der Waals surface area (Å²) in [6.07, 6.45) is 7.38. The highest BCUT2D eigenvalue weighted by Crippen LogP contribution is 2.16. The Balaban J connectivity index is 2.53. The Morgan fingerprint density at radius 1 is 1.33 bits per heavy atom. The number of aliphatic imine (C=N–C) groups is 1. The van der Waals surface area contributed by atoms with Gasteiger partial charge < -0.3 is 4.57 Å². The maximum absolute atomic E-state index is 4.57. The van der Waals surface area contributed by atoms with Crippen LogP contribution in [0.25, 0.3) is 0 Å². The van der Waals surface area contributed by atoms with Crippen molar-refractivity contribution in [1.82, 2.24) is 9.55 Å². The second-order valence-electron chi connectivity index (χ2n) is 4.00. The predicted octanol–water partition coefficient (Wildman–Crippen LogP) is 2.39. The zero-order chi connectivity index (χ0) is 10.8. The van der Waals surface area contributed by atoms with Gasteiger partial charge in [0.1, 0.15) is 11.5 Å². The molecule has 2 heterocycles. The van der Waals surface area contributed by atoms with E-state index in [1.165, 1.54) is 12.1 Å². The zero-order valence-corrected chi connectivity index (χ0v) is 9.62. The van der Waals surface area contributed by atoms with Crippen LogP contribution in [-0.2, 0) is 13.5 Å². The number of allylic oxidation sites excluding steroid dienone is 1. The molecule has 80 valence electrons. The summed E-state index contributed by atoms with van der Waals surface area (Å²) in [5.41, 5.74) is 3.41. The van der Waals surface area contributed by atoms with E-state index in [4.69, 9.17) is 0 Å². The maximum Gasteiger partial charge on any atom is 0.106 e. The number of aromatic nitrogens is 2. The summed E-state index contributed by atoms with van der Waals surface area (Å²) in [6.45, 7) is 4.07. The van der Waals surface area contributed by atoms with Crippen molar-refractivity contribution in [2.75, 3.05) is 0 Å². The molecule has 0 amide bonds. The first-order valence-corrected chi connectivity index (χ1v) is 5.42. The number of nitrogens with zero attached hydrogens (tertiary/aromatic N) is 3. The van der Waals surface area contributed by atoms with E-state index in [0.717, 1.165) is 30.1 Å². The first kappa shape index (κ1) is 10.1. The Bertz CT molecular complexity index is 424. The summed E-state index contributed by atoms with van der Waals surface area (Å²) >= 11 is 0. The van der Waals surface area contributed by atoms with Gasteiger partial charge in [0.2, 0.25) is 0 Å². The third kappa shape index (κ3) is 1.87. The Labute approximate surface area is 90.6 Å². The molecule has 1 aromatic rings. The molecular weight excluding hydrogens is 186 g/mol. The Morgan fingerprint density at radius 3 is 2.93 bits per heavy atom. The van der Waals surface area contributed by atoms with Gasteiger partial charge >= 0.3 is 0 Å². The van der Waals surface area contributed by atoms with Crippen molar-refractivity contribution < 1.29 is 0 Å². The molecule has 1 aromatic heterocycles. The molecule has 0 spiro atoms. The largest absolute Gasteiger partial charge is 0.335 e. The predicted molar refractivity (Wildman–Crippen MR) is 62.2 cm³/mol. The lowest BCUT2D eigenvalue weighted by Crippen LogP contribution is -2.03. The van der Waals surface area contributed by atoms with Crippen LogP contribution < -0.4 is 0 Å². The monoisotopic (exact) mass is 203 g/mol. The lowest BCUT2D eigenvalue weighted by Gasteiger charge is -2.04. The fourth-order valence-corrected chi connectivity index (χ4v) is 1.92. The normalized spacial score (nSPS) is 21.9. The van der Waals surface area contributed by atoms with Crippen molar-refractivity contribution >= 4 is 5.71 Å². The van der Waals surface area contributed by atoms with Gasteiger partial charge in [-0.2, -0.15) is 0 Å². The molecule has 3 nitrogen and oxygen atoms in total. The van der Waals surface area contributed by atoms with Gasteiger partial charge in [0.25, 0.3) is 0 Å². The van der Waals surface area contributed by atoms with E-state index in [1.807, 2.05) is 20.0 Å². The smallest absolute Gasteiger partial charge is 0.106 e. The molecule has 0 radical (unpaired) electrons. The van der Waals surface area contributed by atoms with E-state index in [2.05, 4.69) is 27.7 Å². The van der Waals surface area contributed by atoms with E-state index in [0.29, 0.717) is 0 Å². The molecule has 3 heteroatoms. The molecule has 0 fully saturated rings. The molecular formula is C12H17N3. The molecule has 15 heavy (non-hydrogen) atoms. The lowest BCUT2D eigenvalue weighted by molar-refractivity contribution is 0.740. The fourth-order valence-electron chi connectivity index (χ4n) is 1.92. The van der Waals surface area contributed by atoms with Gasteiger partial charge in [0.15, 0.2) is 0 Å². The highest BCUT2D eigenvalue weighted by molar-refractivity contribution is 5.98. The van der Waals surface area contributed by atoms with Gasteiger partial charge in [-0.05, 0) is 33.1 Å². The lowest BCUT2D eigenvalue weighted by atomic mass is 10.1. The summed E-state index contributed by atoms with van der Waals surface area (Å²) < 4.78 is 2.18. The number of imidazole rings is 1. The molecule has 2 rings (SSSR count). The maximum atomic E-state index is 4.57. The van der Waals surface area contributed by atoms with E-state index < -0.39 is 0 Å². The van der Waals surface area contributed by atoms with Crippen LogP contribution >= 0.6 is 0 Å². The molecule has 0 aromatic carbocycles. The quantitative estimate of drug-likeness (QED) is 0.636. The molecule has 0 N–H and O–H groups in total. The zero-order valence-electron chi connectivity index (χ0n) is 9.62. The van der Waals surface area contributed by atoms with E-state index in [1.54, 1.807) is 0 Å². The molecule has 0 atom stereocenters. The topological polar surface area (TPSA) is 30.2 Å². The summed E-state index contributed by atoms with van der Waals surface area (Å²) in [5.74, 6) is 1.07. The van der Waals surface area contributed by atoms with E-state index >= 15 is 0 Å². The molecule has 0 bridgehead atoms. The van der Waals surface area contributed by atoms with Crippen LogP contribution in [0.2, 0.25) is 0 Å². The van der Waals surface area contributed by atoms with Crippen molar-refractivity contribution in [1.29, 1.82) is 0 Å². The third-order valence-electron chi connectivity index (χ3n) is 2.94. The third-order valence-corrected chi connectivity index (χ3v) is 2.94. The highest BCUT2D eigenvalue weighted by atomic mass is 15.1. The molecule has 1 aliphatic heterocycles. The number of aryl methyl sites for hydroxylation is 1. The fraction of sp³-hybridized carbons (Fsp3) is 0.500. The first-order chi connectivity index (χ1) is 7.20. The van der Waals surface area contributed by atoms with Crippen LogP contribution in [0.3, 0.4) is 0 Å². The summed E-state index contributed by atoms with van der Waals surface area (Å²) in [4.78, 5) is 8.97. The number of fused-ring (bicyclic) bond motifs is 1. The minimum absolute atomic E-state index is 1.02. The SMILES string of the molecule is C/C1=N/C=C/CCCc2c1nc(C)n2C. The summed E-state index contributed by atoms with van der Waals surface area (Å²) in [5, 5.41) is 0. The van der Waals surface area contributed by atoms with Crippen molar-refractivity contribution in [3.05, 3.63) is 29.5 Å². The van der Waals surface area contributed by atoms with Crippen molar-refractivity contribution in [2.24, 2.45) is 12.0 Å². The van der Waals surface area contributed by atoms with Crippen molar-refractivity contribution in [2.45, 2.75) is 33.1 Å². The Kier molecular flexibility index (Phi) is 2.71. The average Bonchev–Trinajstić information content (AvgIpc) is 2.53. The second-order valence-corrected chi connectivity index (χ2v) is 4.00. The molecule has 0 saturated carbocycles. The van der Waals surface area contributed by atoms with Gasteiger partial charge in [0, 0.05) is 18.9 Å². The van der Waals surface area contributed by atoms with Crippen LogP contribution in [0, 0.1) is 6.92 Å². The minimum atomic E-state index is 1.02.